The van der Waals surface area contributed by atoms with Crippen LogP contribution >= 0.6 is 11.8 Å². The molecule has 1 aromatic carbocycles. The van der Waals surface area contributed by atoms with E-state index in [0.29, 0.717) is 12.2 Å². The number of halogens is 3. The van der Waals surface area contributed by atoms with Crippen molar-refractivity contribution in [2.75, 3.05) is 12.0 Å². The molecule has 6 heteroatoms. The minimum atomic E-state index is -4.67. The van der Waals surface area contributed by atoms with Crippen molar-refractivity contribution in [2.24, 2.45) is 0 Å². The minimum Gasteiger partial charge on any atom is -0.406 e. The van der Waals surface area contributed by atoms with Crippen molar-refractivity contribution in [1.29, 1.82) is 0 Å². The van der Waals surface area contributed by atoms with Crippen molar-refractivity contribution in [3.05, 3.63) is 29.8 Å². The zero-order valence-corrected chi connectivity index (χ0v) is 10.0. The molecule has 1 N–H and O–H groups in total. The van der Waals surface area contributed by atoms with Crippen molar-refractivity contribution in [3.8, 4) is 5.75 Å². The number of aliphatic hydroxyl groups is 1. The van der Waals surface area contributed by atoms with Gasteiger partial charge in [-0.15, -0.1) is 13.2 Å². The predicted octanol–water partition coefficient (Wildman–Crippen LogP) is 2.85. The lowest BCUT2D eigenvalue weighted by atomic mass is 10.1. The smallest absolute Gasteiger partial charge is 0.406 e. The zero-order valence-electron chi connectivity index (χ0n) is 9.20. The summed E-state index contributed by atoms with van der Waals surface area (Å²) in [5.41, 5.74) is 0.779. The molecule has 2 nitrogen and oxygen atoms in total. The average Bonchev–Trinajstić information content (AvgIpc) is 2.19. The zero-order chi connectivity index (χ0) is 12.9. The number of benzene rings is 1. The van der Waals surface area contributed by atoms with Crippen molar-refractivity contribution in [3.63, 3.8) is 0 Å². The maximum atomic E-state index is 11.9. The van der Waals surface area contributed by atoms with Crippen LogP contribution in [0.15, 0.2) is 24.3 Å². The molecule has 0 amide bonds. The number of alkyl halides is 3. The third-order valence-corrected chi connectivity index (χ3v) is 2.71. The van der Waals surface area contributed by atoms with Gasteiger partial charge in [-0.25, -0.2) is 0 Å². The molecular weight excluding hydrogens is 253 g/mol. The molecule has 0 aromatic heterocycles. The second-order valence-corrected chi connectivity index (χ2v) is 4.42. The molecule has 1 atom stereocenters. The first-order chi connectivity index (χ1) is 7.90. The fourth-order valence-electron chi connectivity index (χ4n) is 1.35. The van der Waals surface area contributed by atoms with Gasteiger partial charge in [0.1, 0.15) is 5.75 Å². The van der Waals surface area contributed by atoms with E-state index >= 15 is 0 Å². The standard InChI is InChI=1S/C11H13F3O2S/c1-17-7-9(15)6-8-2-4-10(5-3-8)16-11(12,13)14/h2-5,9,15H,6-7H2,1H3. The van der Waals surface area contributed by atoms with E-state index in [-0.39, 0.29) is 5.75 Å². The summed E-state index contributed by atoms with van der Waals surface area (Å²) in [4.78, 5) is 0. The van der Waals surface area contributed by atoms with Crippen LogP contribution in [0.25, 0.3) is 0 Å². The predicted molar refractivity (Wildman–Crippen MR) is 61.2 cm³/mol. The van der Waals surface area contributed by atoms with E-state index < -0.39 is 12.5 Å². The van der Waals surface area contributed by atoms with Crippen LogP contribution in [0.4, 0.5) is 13.2 Å². The van der Waals surface area contributed by atoms with E-state index in [1.54, 1.807) is 0 Å². The summed E-state index contributed by atoms with van der Waals surface area (Å²) in [7, 11) is 0. The minimum absolute atomic E-state index is 0.249. The lowest BCUT2D eigenvalue weighted by molar-refractivity contribution is -0.274. The summed E-state index contributed by atoms with van der Waals surface area (Å²) in [6.07, 6.45) is -2.85. The Morgan fingerprint density at radius 3 is 2.35 bits per heavy atom. The molecule has 0 aliphatic heterocycles. The van der Waals surface area contributed by atoms with Crippen molar-refractivity contribution < 1.29 is 23.0 Å². The highest BCUT2D eigenvalue weighted by Gasteiger charge is 2.30. The van der Waals surface area contributed by atoms with Gasteiger partial charge >= 0.3 is 6.36 Å². The molecular formula is C11H13F3O2S. The van der Waals surface area contributed by atoms with Gasteiger partial charge in [-0.05, 0) is 30.4 Å². The summed E-state index contributed by atoms with van der Waals surface area (Å²) >= 11 is 1.52. The number of hydrogen-bond acceptors (Lipinski definition) is 3. The lowest BCUT2D eigenvalue weighted by Gasteiger charge is -2.11. The lowest BCUT2D eigenvalue weighted by Crippen LogP contribution is -2.17. The van der Waals surface area contributed by atoms with Gasteiger partial charge < -0.3 is 9.84 Å². The summed E-state index contributed by atoms with van der Waals surface area (Å²) in [6.45, 7) is 0. The topological polar surface area (TPSA) is 29.5 Å². The molecule has 96 valence electrons. The Kier molecular flexibility index (Phi) is 5.14. The average molecular weight is 266 g/mol. The van der Waals surface area contributed by atoms with Gasteiger partial charge in [-0.2, -0.15) is 11.8 Å². The highest BCUT2D eigenvalue weighted by Crippen LogP contribution is 2.23. The van der Waals surface area contributed by atoms with Crippen LogP contribution in [0.2, 0.25) is 0 Å². The maximum Gasteiger partial charge on any atom is 0.573 e. The summed E-state index contributed by atoms with van der Waals surface area (Å²) in [5.74, 6) is 0.349. The molecule has 0 aliphatic carbocycles. The van der Waals surface area contributed by atoms with Crippen molar-refractivity contribution in [2.45, 2.75) is 18.9 Å². The van der Waals surface area contributed by atoms with E-state index in [0.717, 1.165) is 5.56 Å². The van der Waals surface area contributed by atoms with E-state index in [2.05, 4.69) is 4.74 Å². The van der Waals surface area contributed by atoms with Gasteiger partial charge in [-0.3, -0.25) is 0 Å². The summed E-state index contributed by atoms with van der Waals surface area (Å²) in [6, 6.07) is 5.53. The molecule has 1 rings (SSSR count). The molecule has 0 bridgehead atoms. The van der Waals surface area contributed by atoms with Crippen molar-refractivity contribution >= 4 is 11.8 Å². The Morgan fingerprint density at radius 2 is 1.88 bits per heavy atom. The SMILES string of the molecule is CSCC(O)Cc1ccc(OC(F)(F)F)cc1. The van der Waals surface area contributed by atoms with Gasteiger partial charge in [0.05, 0.1) is 6.10 Å². The van der Waals surface area contributed by atoms with Gasteiger partial charge in [-0.1, -0.05) is 12.1 Å². The van der Waals surface area contributed by atoms with E-state index in [4.69, 9.17) is 0 Å². The van der Waals surface area contributed by atoms with Gasteiger partial charge in [0.25, 0.3) is 0 Å². The Bertz CT molecular complexity index is 338. The Morgan fingerprint density at radius 1 is 1.29 bits per heavy atom. The summed E-state index contributed by atoms with van der Waals surface area (Å²) in [5, 5.41) is 9.53. The van der Waals surface area contributed by atoms with Crippen LogP contribution in [0.3, 0.4) is 0 Å². The van der Waals surface area contributed by atoms with Crippen molar-refractivity contribution in [1.82, 2.24) is 0 Å². The molecule has 0 fully saturated rings. The van der Waals surface area contributed by atoms with Crippen LogP contribution in [0.1, 0.15) is 5.56 Å². The molecule has 0 radical (unpaired) electrons. The highest BCUT2D eigenvalue weighted by atomic mass is 32.2. The molecule has 1 aromatic rings. The Labute approximate surface area is 102 Å². The van der Waals surface area contributed by atoms with E-state index in [9.17, 15) is 18.3 Å². The first-order valence-corrected chi connectivity index (χ1v) is 6.32. The quantitative estimate of drug-likeness (QED) is 0.888. The highest BCUT2D eigenvalue weighted by molar-refractivity contribution is 7.98. The molecule has 17 heavy (non-hydrogen) atoms. The maximum absolute atomic E-state index is 11.9. The van der Waals surface area contributed by atoms with Crippen LogP contribution < -0.4 is 4.74 Å². The first-order valence-electron chi connectivity index (χ1n) is 4.92. The Balaban J connectivity index is 2.56. The fourth-order valence-corrected chi connectivity index (χ4v) is 1.85. The van der Waals surface area contributed by atoms with E-state index in [1.165, 1.54) is 36.0 Å². The number of rotatable bonds is 5. The molecule has 0 spiro atoms. The van der Waals surface area contributed by atoms with Gasteiger partial charge in [0, 0.05) is 5.75 Å². The molecule has 1 unspecified atom stereocenters. The molecule has 0 aliphatic rings. The molecule has 0 heterocycles. The number of ether oxygens (including phenoxy) is 1. The van der Waals surface area contributed by atoms with Crippen LogP contribution in [-0.2, 0) is 6.42 Å². The molecule has 0 saturated heterocycles. The third kappa shape index (κ3) is 5.83. The van der Waals surface area contributed by atoms with Gasteiger partial charge in [0.15, 0.2) is 0 Å². The van der Waals surface area contributed by atoms with Gasteiger partial charge in [0.2, 0.25) is 0 Å². The largest absolute Gasteiger partial charge is 0.573 e. The monoisotopic (exact) mass is 266 g/mol. The number of hydrogen-bond donors (Lipinski definition) is 1. The first kappa shape index (κ1) is 14.2. The fraction of sp³-hybridized carbons (Fsp3) is 0.455. The second kappa shape index (κ2) is 6.16. The second-order valence-electron chi connectivity index (χ2n) is 3.51. The number of aliphatic hydroxyl groups excluding tert-OH is 1. The Hall–Kier alpha value is -0.880. The normalized spacial score (nSPS) is 13.5. The van der Waals surface area contributed by atoms with Crippen LogP contribution in [-0.4, -0.2) is 29.6 Å². The number of thioether (sulfide) groups is 1. The van der Waals surface area contributed by atoms with Crippen LogP contribution in [0.5, 0.6) is 5.75 Å². The molecule has 0 saturated carbocycles. The van der Waals surface area contributed by atoms with Crippen LogP contribution in [0, 0.1) is 0 Å². The third-order valence-electron chi connectivity index (χ3n) is 1.99. The summed E-state index contributed by atoms with van der Waals surface area (Å²) < 4.78 is 39.4. The van der Waals surface area contributed by atoms with E-state index in [1.807, 2.05) is 6.26 Å².